The second-order valence-corrected chi connectivity index (χ2v) is 6.58. The van der Waals surface area contributed by atoms with Gasteiger partial charge in [-0.3, -0.25) is 0 Å². The van der Waals surface area contributed by atoms with Crippen molar-refractivity contribution in [1.29, 1.82) is 0 Å². The average Bonchev–Trinajstić information content (AvgIpc) is 2.93. The molecule has 0 unspecified atom stereocenters. The summed E-state index contributed by atoms with van der Waals surface area (Å²) in [4.78, 5) is 0. The van der Waals surface area contributed by atoms with Crippen molar-refractivity contribution in [1.82, 2.24) is 13.9 Å². The summed E-state index contributed by atoms with van der Waals surface area (Å²) in [5, 5.41) is 3.18. The third-order valence-electron chi connectivity index (χ3n) is 3.06. The summed E-state index contributed by atoms with van der Waals surface area (Å²) < 4.78 is 32.9. The summed E-state index contributed by atoms with van der Waals surface area (Å²) in [6, 6.07) is 3.54. The summed E-state index contributed by atoms with van der Waals surface area (Å²) >= 11 is 0. The predicted molar refractivity (Wildman–Crippen MR) is 79.5 cm³/mol. The van der Waals surface area contributed by atoms with Gasteiger partial charge < -0.3 is 9.73 Å². The lowest BCUT2D eigenvalue weighted by Crippen LogP contribution is -2.42. The third kappa shape index (κ3) is 4.90. The zero-order valence-corrected chi connectivity index (χ0v) is 13.3. The second kappa shape index (κ2) is 8.41. The molecule has 1 rings (SSSR count). The number of furan rings is 1. The summed E-state index contributed by atoms with van der Waals surface area (Å²) in [5.74, 6) is 0.650. The van der Waals surface area contributed by atoms with Gasteiger partial charge in [-0.2, -0.15) is 17.0 Å². The van der Waals surface area contributed by atoms with Crippen LogP contribution < -0.4 is 5.32 Å². The van der Waals surface area contributed by atoms with E-state index < -0.39 is 10.2 Å². The van der Waals surface area contributed by atoms with Crippen molar-refractivity contribution in [2.45, 2.75) is 26.8 Å². The normalized spacial score (nSPS) is 12.4. The van der Waals surface area contributed by atoms with Crippen molar-refractivity contribution in [2.24, 2.45) is 0 Å². The molecule has 0 saturated heterocycles. The Balaban J connectivity index is 2.59. The molecule has 1 N–H and O–H groups in total. The van der Waals surface area contributed by atoms with E-state index >= 15 is 0 Å². The smallest absolute Gasteiger partial charge is 0.282 e. The number of nitrogens with zero attached hydrogens (tertiary/aromatic N) is 2. The van der Waals surface area contributed by atoms with Gasteiger partial charge in [0.05, 0.1) is 12.8 Å². The zero-order valence-electron chi connectivity index (χ0n) is 12.5. The fraction of sp³-hybridized carbons (Fsp3) is 0.692. The van der Waals surface area contributed by atoms with Crippen molar-refractivity contribution >= 4 is 10.2 Å². The third-order valence-corrected chi connectivity index (χ3v) is 5.07. The molecule has 0 radical (unpaired) electrons. The molecule has 0 saturated carbocycles. The molecule has 0 bridgehead atoms. The first-order valence-corrected chi connectivity index (χ1v) is 8.36. The first kappa shape index (κ1) is 17.2. The lowest BCUT2D eigenvalue weighted by Gasteiger charge is -2.26. The molecule has 7 heteroatoms. The van der Waals surface area contributed by atoms with Gasteiger partial charge in [0.2, 0.25) is 0 Å². The Kier molecular flexibility index (Phi) is 7.22. The van der Waals surface area contributed by atoms with E-state index in [1.807, 2.05) is 13.8 Å². The van der Waals surface area contributed by atoms with Gasteiger partial charge in [0.1, 0.15) is 5.76 Å². The number of rotatable bonds is 10. The summed E-state index contributed by atoms with van der Waals surface area (Å²) in [6.07, 6.45) is 2.35. The maximum absolute atomic E-state index is 12.4. The molecule has 0 atom stereocenters. The van der Waals surface area contributed by atoms with E-state index in [0.29, 0.717) is 18.8 Å². The molecule has 20 heavy (non-hydrogen) atoms. The highest BCUT2D eigenvalue weighted by atomic mass is 32.2. The van der Waals surface area contributed by atoms with Crippen molar-refractivity contribution in [2.75, 3.05) is 33.2 Å². The maximum atomic E-state index is 12.4. The molecule has 1 aromatic rings. The molecule has 6 nitrogen and oxygen atoms in total. The highest BCUT2D eigenvalue weighted by molar-refractivity contribution is 7.86. The highest BCUT2D eigenvalue weighted by Crippen LogP contribution is 2.12. The van der Waals surface area contributed by atoms with Crippen molar-refractivity contribution < 1.29 is 12.8 Å². The minimum Gasteiger partial charge on any atom is -0.468 e. The first-order valence-electron chi connectivity index (χ1n) is 6.96. The van der Waals surface area contributed by atoms with Crippen LogP contribution in [0.1, 0.15) is 26.0 Å². The molecule has 0 fully saturated rings. The molecular formula is C13H25N3O3S. The van der Waals surface area contributed by atoms with Crippen molar-refractivity contribution in [3.8, 4) is 0 Å². The van der Waals surface area contributed by atoms with E-state index in [9.17, 15) is 8.42 Å². The molecular weight excluding hydrogens is 278 g/mol. The van der Waals surface area contributed by atoms with Crippen LogP contribution in [0.3, 0.4) is 0 Å². The van der Waals surface area contributed by atoms with E-state index in [1.165, 1.54) is 8.61 Å². The molecule has 1 heterocycles. The van der Waals surface area contributed by atoms with Crippen LogP contribution in [0.15, 0.2) is 22.8 Å². The second-order valence-electron chi connectivity index (χ2n) is 4.54. The van der Waals surface area contributed by atoms with Gasteiger partial charge in [0.25, 0.3) is 10.2 Å². The Morgan fingerprint density at radius 2 is 2.10 bits per heavy atom. The molecule has 0 spiro atoms. The number of nitrogens with one attached hydrogen (secondary N) is 1. The van der Waals surface area contributed by atoms with E-state index in [0.717, 1.165) is 19.5 Å². The fourth-order valence-electron chi connectivity index (χ4n) is 1.85. The largest absolute Gasteiger partial charge is 0.468 e. The predicted octanol–water partition coefficient (Wildman–Crippen LogP) is 1.28. The maximum Gasteiger partial charge on any atom is 0.282 e. The molecule has 0 aliphatic heterocycles. The molecule has 0 amide bonds. The van der Waals surface area contributed by atoms with Gasteiger partial charge in [-0.05, 0) is 31.6 Å². The Hall–Kier alpha value is -0.890. The van der Waals surface area contributed by atoms with Crippen LogP contribution in [0.4, 0.5) is 0 Å². The Bertz CT molecular complexity index is 459. The van der Waals surface area contributed by atoms with Gasteiger partial charge in [-0.25, -0.2) is 0 Å². The van der Waals surface area contributed by atoms with Crippen LogP contribution in [0.2, 0.25) is 0 Å². The lowest BCUT2D eigenvalue weighted by molar-refractivity contribution is 0.337. The van der Waals surface area contributed by atoms with E-state index in [-0.39, 0.29) is 6.54 Å². The number of hydrogen-bond donors (Lipinski definition) is 1. The summed E-state index contributed by atoms with van der Waals surface area (Å²) in [6.45, 7) is 6.76. The van der Waals surface area contributed by atoms with Gasteiger partial charge in [0.15, 0.2) is 0 Å². The molecule has 116 valence electrons. The van der Waals surface area contributed by atoms with E-state index in [2.05, 4.69) is 5.32 Å². The van der Waals surface area contributed by atoms with Crippen LogP contribution in [0.25, 0.3) is 0 Å². The van der Waals surface area contributed by atoms with Gasteiger partial charge in [-0.15, -0.1) is 0 Å². The average molecular weight is 303 g/mol. The monoisotopic (exact) mass is 303 g/mol. The topological polar surface area (TPSA) is 65.8 Å². The van der Waals surface area contributed by atoms with Gasteiger partial charge in [0, 0.05) is 20.1 Å². The molecule has 1 aromatic heterocycles. The van der Waals surface area contributed by atoms with Crippen LogP contribution in [-0.2, 0) is 16.8 Å². The summed E-state index contributed by atoms with van der Waals surface area (Å²) in [5.41, 5.74) is 0. The lowest BCUT2D eigenvalue weighted by atomic mass is 10.4. The molecule has 0 aliphatic carbocycles. The first-order chi connectivity index (χ1) is 9.52. The van der Waals surface area contributed by atoms with Crippen LogP contribution in [0, 0.1) is 0 Å². The minimum absolute atomic E-state index is 0.267. The van der Waals surface area contributed by atoms with Crippen LogP contribution >= 0.6 is 0 Å². The molecule has 0 aliphatic rings. The zero-order chi connectivity index (χ0) is 15.0. The summed E-state index contributed by atoms with van der Waals surface area (Å²) in [7, 11) is -1.82. The van der Waals surface area contributed by atoms with Gasteiger partial charge >= 0.3 is 0 Å². The van der Waals surface area contributed by atoms with Crippen molar-refractivity contribution in [3.63, 3.8) is 0 Å². The van der Waals surface area contributed by atoms with E-state index in [4.69, 9.17) is 4.42 Å². The SMILES string of the molecule is CCNCCCN(C)S(=O)(=O)N(CC)Cc1ccco1. The molecule has 0 aromatic carbocycles. The Morgan fingerprint density at radius 3 is 2.65 bits per heavy atom. The van der Waals surface area contributed by atoms with E-state index in [1.54, 1.807) is 25.4 Å². The fourth-order valence-corrected chi connectivity index (χ4v) is 3.22. The van der Waals surface area contributed by atoms with Crippen LogP contribution in [-0.4, -0.2) is 50.3 Å². The quantitative estimate of drug-likeness (QED) is 0.661. The van der Waals surface area contributed by atoms with Crippen LogP contribution in [0.5, 0.6) is 0 Å². The van der Waals surface area contributed by atoms with Gasteiger partial charge in [-0.1, -0.05) is 13.8 Å². The number of hydrogen-bond acceptors (Lipinski definition) is 4. The van der Waals surface area contributed by atoms with Crippen molar-refractivity contribution in [3.05, 3.63) is 24.2 Å². The standard InChI is InChI=1S/C13H25N3O3S/c1-4-14-9-7-10-15(3)20(17,18)16(5-2)12-13-8-6-11-19-13/h6,8,11,14H,4-5,7,9-10,12H2,1-3H3. The Morgan fingerprint density at radius 1 is 1.35 bits per heavy atom. The highest BCUT2D eigenvalue weighted by Gasteiger charge is 2.26. The Labute approximate surface area is 121 Å². The minimum atomic E-state index is -3.44.